The van der Waals surface area contributed by atoms with Crippen LogP contribution in [0.2, 0.25) is 0 Å². The van der Waals surface area contributed by atoms with E-state index < -0.39 is 0 Å². The largest absolute Gasteiger partial charge is 0.355 e. The maximum absolute atomic E-state index is 10.8. The molecule has 102 valence electrons. The van der Waals surface area contributed by atoms with Crippen LogP contribution in [0.15, 0.2) is 0 Å². The number of nitrogens with zero attached hydrogens (tertiary/aromatic N) is 2. The Labute approximate surface area is 109 Å². The molecule has 0 spiro atoms. The molecular formula is C13H24N4O. The lowest BCUT2D eigenvalue weighted by Gasteiger charge is -2.15. The number of aromatic nitrogens is 2. The number of aryl methyl sites for hydroxylation is 2. The summed E-state index contributed by atoms with van der Waals surface area (Å²) in [6, 6.07) is 0.249. The molecule has 2 N–H and O–H groups in total. The molecule has 1 aromatic rings. The second-order valence-corrected chi connectivity index (χ2v) is 4.56. The molecule has 1 aromatic heterocycles. The van der Waals surface area contributed by atoms with Gasteiger partial charge in [-0.1, -0.05) is 0 Å². The molecule has 0 fully saturated rings. The highest BCUT2D eigenvalue weighted by Gasteiger charge is 2.16. The van der Waals surface area contributed by atoms with Gasteiger partial charge in [-0.2, -0.15) is 5.10 Å². The van der Waals surface area contributed by atoms with Crippen LogP contribution in [0.25, 0.3) is 0 Å². The van der Waals surface area contributed by atoms with Crippen molar-refractivity contribution in [1.82, 2.24) is 20.4 Å². The van der Waals surface area contributed by atoms with Gasteiger partial charge in [-0.3, -0.25) is 9.48 Å². The summed E-state index contributed by atoms with van der Waals surface area (Å²) in [5.74, 6) is 0.00983. The van der Waals surface area contributed by atoms with Crippen molar-refractivity contribution in [2.75, 3.05) is 13.1 Å². The monoisotopic (exact) mass is 252 g/mol. The van der Waals surface area contributed by atoms with Gasteiger partial charge < -0.3 is 10.6 Å². The van der Waals surface area contributed by atoms with Gasteiger partial charge in [-0.25, -0.2) is 0 Å². The maximum atomic E-state index is 10.8. The van der Waals surface area contributed by atoms with E-state index in [-0.39, 0.29) is 11.9 Å². The molecule has 1 amide bonds. The van der Waals surface area contributed by atoms with E-state index in [2.05, 4.69) is 36.5 Å². The standard InChI is InChI=1S/C13H24N4O/c1-6-17-11(4)13(10(3)16-17)9(2)14-7-8-15-12(5)18/h9,14H,6-8H2,1-5H3,(H,15,18). The molecule has 0 aliphatic carbocycles. The van der Waals surface area contributed by atoms with Gasteiger partial charge in [-0.05, 0) is 27.7 Å². The summed E-state index contributed by atoms with van der Waals surface area (Å²) in [5, 5.41) is 10.7. The molecule has 18 heavy (non-hydrogen) atoms. The summed E-state index contributed by atoms with van der Waals surface area (Å²) in [7, 11) is 0. The summed E-state index contributed by atoms with van der Waals surface area (Å²) in [6.07, 6.45) is 0. The summed E-state index contributed by atoms with van der Waals surface area (Å²) >= 11 is 0. The highest BCUT2D eigenvalue weighted by molar-refractivity contribution is 5.72. The molecule has 0 saturated heterocycles. The minimum Gasteiger partial charge on any atom is -0.355 e. The molecule has 0 radical (unpaired) electrons. The van der Waals surface area contributed by atoms with Gasteiger partial charge >= 0.3 is 0 Å². The third-order valence-corrected chi connectivity index (χ3v) is 3.12. The van der Waals surface area contributed by atoms with Crippen molar-refractivity contribution < 1.29 is 4.79 Å². The first-order chi connectivity index (χ1) is 8.47. The fraction of sp³-hybridized carbons (Fsp3) is 0.692. The minimum absolute atomic E-state index is 0.00983. The van der Waals surface area contributed by atoms with Gasteiger partial charge in [0.05, 0.1) is 5.69 Å². The predicted molar refractivity (Wildman–Crippen MR) is 72.5 cm³/mol. The van der Waals surface area contributed by atoms with Crippen LogP contribution < -0.4 is 10.6 Å². The summed E-state index contributed by atoms with van der Waals surface area (Å²) in [5.41, 5.74) is 3.56. The predicted octanol–water partition coefficient (Wildman–Crippen LogP) is 1.31. The second kappa shape index (κ2) is 6.54. The smallest absolute Gasteiger partial charge is 0.216 e. The van der Waals surface area contributed by atoms with E-state index in [0.29, 0.717) is 6.54 Å². The molecule has 1 rings (SSSR count). The van der Waals surface area contributed by atoms with Crippen molar-refractivity contribution in [2.24, 2.45) is 0 Å². The number of amides is 1. The Morgan fingerprint density at radius 1 is 1.39 bits per heavy atom. The zero-order chi connectivity index (χ0) is 13.7. The van der Waals surface area contributed by atoms with Crippen LogP contribution in [-0.2, 0) is 11.3 Å². The first kappa shape index (κ1) is 14.7. The molecule has 5 heteroatoms. The first-order valence-corrected chi connectivity index (χ1v) is 6.49. The number of hydrogen-bond donors (Lipinski definition) is 2. The molecule has 0 saturated carbocycles. The van der Waals surface area contributed by atoms with E-state index in [9.17, 15) is 4.79 Å². The van der Waals surface area contributed by atoms with Crippen LogP contribution in [0.3, 0.4) is 0 Å². The van der Waals surface area contributed by atoms with Crippen molar-refractivity contribution in [1.29, 1.82) is 0 Å². The Hall–Kier alpha value is -1.36. The van der Waals surface area contributed by atoms with E-state index in [1.165, 1.54) is 18.2 Å². The van der Waals surface area contributed by atoms with Crippen LogP contribution >= 0.6 is 0 Å². The molecule has 0 bridgehead atoms. The van der Waals surface area contributed by atoms with Gasteiger partial charge in [0.25, 0.3) is 0 Å². The van der Waals surface area contributed by atoms with E-state index in [1.807, 2.05) is 11.6 Å². The normalized spacial score (nSPS) is 12.5. The van der Waals surface area contributed by atoms with Crippen LogP contribution in [0.1, 0.15) is 43.8 Å². The SMILES string of the molecule is CCn1nc(C)c(C(C)NCCNC(C)=O)c1C. The molecule has 1 unspecified atom stereocenters. The Balaban J connectivity index is 2.58. The third kappa shape index (κ3) is 3.57. The molecule has 0 aliphatic heterocycles. The van der Waals surface area contributed by atoms with Crippen LogP contribution in [0, 0.1) is 13.8 Å². The fourth-order valence-corrected chi connectivity index (χ4v) is 2.27. The van der Waals surface area contributed by atoms with Gasteiger partial charge in [0.15, 0.2) is 0 Å². The molecule has 0 aliphatic rings. The lowest BCUT2D eigenvalue weighted by molar-refractivity contribution is -0.118. The van der Waals surface area contributed by atoms with Crippen LogP contribution in [0.5, 0.6) is 0 Å². The van der Waals surface area contributed by atoms with Gasteiger partial charge in [0, 0.05) is 43.9 Å². The van der Waals surface area contributed by atoms with E-state index in [1.54, 1.807) is 0 Å². The molecule has 1 heterocycles. The Morgan fingerprint density at radius 3 is 2.56 bits per heavy atom. The Bertz CT molecular complexity index is 411. The Morgan fingerprint density at radius 2 is 2.06 bits per heavy atom. The van der Waals surface area contributed by atoms with Crippen LogP contribution in [-0.4, -0.2) is 28.8 Å². The van der Waals surface area contributed by atoms with Crippen molar-refractivity contribution in [3.63, 3.8) is 0 Å². The van der Waals surface area contributed by atoms with Crippen molar-refractivity contribution in [2.45, 2.75) is 47.2 Å². The van der Waals surface area contributed by atoms with Crippen molar-refractivity contribution >= 4 is 5.91 Å². The number of rotatable bonds is 6. The van der Waals surface area contributed by atoms with Crippen molar-refractivity contribution in [3.8, 4) is 0 Å². The third-order valence-electron chi connectivity index (χ3n) is 3.12. The summed E-state index contributed by atoms with van der Waals surface area (Å²) < 4.78 is 2.02. The number of hydrogen-bond acceptors (Lipinski definition) is 3. The van der Waals surface area contributed by atoms with E-state index in [4.69, 9.17) is 0 Å². The minimum atomic E-state index is 0.00983. The van der Waals surface area contributed by atoms with E-state index in [0.717, 1.165) is 18.8 Å². The number of carbonyl (C=O) groups is 1. The highest BCUT2D eigenvalue weighted by Crippen LogP contribution is 2.20. The second-order valence-electron chi connectivity index (χ2n) is 4.56. The molecular weight excluding hydrogens is 228 g/mol. The molecule has 5 nitrogen and oxygen atoms in total. The molecule has 0 aromatic carbocycles. The van der Waals surface area contributed by atoms with Gasteiger partial charge in [0.2, 0.25) is 5.91 Å². The number of carbonyl (C=O) groups excluding carboxylic acids is 1. The Kier molecular flexibility index (Phi) is 5.34. The summed E-state index contributed by atoms with van der Waals surface area (Å²) in [6.45, 7) is 12.2. The summed E-state index contributed by atoms with van der Waals surface area (Å²) in [4.78, 5) is 10.8. The molecule has 1 atom stereocenters. The lowest BCUT2D eigenvalue weighted by atomic mass is 10.1. The number of nitrogens with one attached hydrogen (secondary N) is 2. The highest BCUT2D eigenvalue weighted by atomic mass is 16.1. The quantitative estimate of drug-likeness (QED) is 0.750. The zero-order valence-corrected chi connectivity index (χ0v) is 12.0. The van der Waals surface area contributed by atoms with Gasteiger partial charge in [-0.15, -0.1) is 0 Å². The van der Waals surface area contributed by atoms with Crippen LogP contribution in [0.4, 0.5) is 0 Å². The average Bonchev–Trinajstić information content (AvgIpc) is 2.59. The topological polar surface area (TPSA) is 59.0 Å². The average molecular weight is 252 g/mol. The zero-order valence-electron chi connectivity index (χ0n) is 12.0. The van der Waals surface area contributed by atoms with Gasteiger partial charge in [0.1, 0.15) is 0 Å². The first-order valence-electron chi connectivity index (χ1n) is 6.49. The fourth-order valence-electron chi connectivity index (χ4n) is 2.27. The maximum Gasteiger partial charge on any atom is 0.216 e. The van der Waals surface area contributed by atoms with E-state index >= 15 is 0 Å². The van der Waals surface area contributed by atoms with Crippen molar-refractivity contribution in [3.05, 3.63) is 17.0 Å². The lowest BCUT2D eigenvalue weighted by Crippen LogP contribution is -2.31.